The number of aromatic nitrogens is 1. The van der Waals surface area contributed by atoms with Crippen molar-refractivity contribution in [1.29, 1.82) is 0 Å². The van der Waals surface area contributed by atoms with Crippen molar-refractivity contribution in [3.63, 3.8) is 0 Å². The van der Waals surface area contributed by atoms with Crippen LogP contribution in [0.4, 0.5) is 5.82 Å². The van der Waals surface area contributed by atoms with Gasteiger partial charge in [-0.15, -0.1) is 0 Å². The Kier molecular flexibility index (Phi) is 7.47. The minimum atomic E-state index is -0.143. The smallest absolute Gasteiger partial charge is 0.305 e. The largest absolute Gasteiger partial charge is 0.487 e. The number of carbonyl (C=O) groups is 1. The third-order valence-corrected chi connectivity index (χ3v) is 2.71. The summed E-state index contributed by atoms with van der Waals surface area (Å²) < 4.78 is 10.3. The number of nitrogens with one attached hydrogen (secondary N) is 1. The molecule has 0 saturated carbocycles. The van der Waals surface area contributed by atoms with Crippen LogP contribution in [-0.4, -0.2) is 30.7 Å². The van der Waals surface area contributed by atoms with E-state index in [4.69, 9.17) is 4.74 Å². The van der Waals surface area contributed by atoms with Crippen molar-refractivity contribution in [2.75, 3.05) is 19.0 Å². The van der Waals surface area contributed by atoms with E-state index in [-0.39, 0.29) is 12.1 Å². The van der Waals surface area contributed by atoms with E-state index in [0.717, 1.165) is 37.4 Å². The molecule has 20 heavy (non-hydrogen) atoms. The number of unbranched alkanes of at least 4 members (excludes halogenated alkanes) is 2. The molecule has 0 bridgehead atoms. The Bertz CT molecular complexity index is 408. The van der Waals surface area contributed by atoms with Gasteiger partial charge in [0.15, 0.2) is 11.6 Å². The van der Waals surface area contributed by atoms with Gasteiger partial charge in [0.25, 0.3) is 0 Å². The second-order valence-electron chi connectivity index (χ2n) is 4.83. The van der Waals surface area contributed by atoms with Crippen LogP contribution in [0.1, 0.15) is 39.5 Å². The minimum Gasteiger partial charge on any atom is -0.487 e. The van der Waals surface area contributed by atoms with E-state index >= 15 is 0 Å². The van der Waals surface area contributed by atoms with E-state index in [1.54, 1.807) is 6.20 Å². The van der Waals surface area contributed by atoms with Gasteiger partial charge in [-0.3, -0.25) is 4.79 Å². The van der Waals surface area contributed by atoms with Crippen molar-refractivity contribution < 1.29 is 14.3 Å². The van der Waals surface area contributed by atoms with Crippen LogP contribution in [0, 0.1) is 0 Å². The van der Waals surface area contributed by atoms with Crippen molar-refractivity contribution >= 4 is 11.8 Å². The van der Waals surface area contributed by atoms with Gasteiger partial charge in [0.2, 0.25) is 0 Å². The summed E-state index contributed by atoms with van der Waals surface area (Å²) in [4.78, 5) is 15.2. The number of ether oxygens (including phenoxy) is 2. The molecule has 1 N–H and O–H groups in total. The fraction of sp³-hybridized carbons (Fsp3) is 0.600. The number of methoxy groups -OCH3 is 1. The third kappa shape index (κ3) is 6.41. The Balaban J connectivity index is 2.26. The van der Waals surface area contributed by atoms with Crippen LogP contribution in [0.2, 0.25) is 0 Å². The topological polar surface area (TPSA) is 60.5 Å². The molecule has 0 aliphatic rings. The predicted octanol–water partition coefficient (Wildman–Crippen LogP) is 3.01. The Hall–Kier alpha value is -1.78. The Morgan fingerprint density at radius 2 is 2.15 bits per heavy atom. The van der Waals surface area contributed by atoms with Crippen molar-refractivity contribution in [1.82, 2.24) is 4.98 Å². The summed E-state index contributed by atoms with van der Waals surface area (Å²) in [6.45, 7) is 4.79. The Morgan fingerprint density at radius 3 is 2.85 bits per heavy atom. The van der Waals surface area contributed by atoms with Crippen LogP contribution in [0.3, 0.4) is 0 Å². The van der Waals surface area contributed by atoms with Gasteiger partial charge in [-0.05, 0) is 38.8 Å². The van der Waals surface area contributed by atoms with Crippen LogP contribution < -0.4 is 10.1 Å². The van der Waals surface area contributed by atoms with Gasteiger partial charge in [0, 0.05) is 19.2 Å². The SMILES string of the molecule is COC(=O)CCCCCNc1ncccc1OC(C)C. The second-order valence-corrected chi connectivity index (χ2v) is 4.83. The number of anilines is 1. The Labute approximate surface area is 120 Å². The molecule has 0 aromatic carbocycles. The van der Waals surface area contributed by atoms with Crippen molar-refractivity contribution in [3.05, 3.63) is 18.3 Å². The first-order chi connectivity index (χ1) is 9.63. The molecule has 5 nitrogen and oxygen atoms in total. The average Bonchev–Trinajstić information content (AvgIpc) is 2.43. The molecule has 1 heterocycles. The average molecular weight is 280 g/mol. The van der Waals surface area contributed by atoms with Crippen LogP contribution in [-0.2, 0) is 9.53 Å². The zero-order valence-electron chi connectivity index (χ0n) is 12.5. The highest BCUT2D eigenvalue weighted by molar-refractivity contribution is 5.68. The number of nitrogens with zero attached hydrogens (tertiary/aromatic N) is 1. The van der Waals surface area contributed by atoms with Crippen LogP contribution in [0.25, 0.3) is 0 Å². The van der Waals surface area contributed by atoms with E-state index in [9.17, 15) is 4.79 Å². The molecular weight excluding hydrogens is 256 g/mol. The summed E-state index contributed by atoms with van der Waals surface area (Å²) >= 11 is 0. The molecule has 0 atom stereocenters. The molecule has 1 aromatic heterocycles. The summed E-state index contributed by atoms with van der Waals surface area (Å²) in [5, 5.41) is 3.27. The fourth-order valence-corrected chi connectivity index (χ4v) is 1.75. The first kappa shape index (κ1) is 16.3. The molecule has 5 heteroatoms. The van der Waals surface area contributed by atoms with Gasteiger partial charge >= 0.3 is 5.97 Å². The van der Waals surface area contributed by atoms with Gasteiger partial charge in [0.05, 0.1) is 13.2 Å². The lowest BCUT2D eigenvalue weighted by Crippen LogP contribution is -2.10. The second kappa shape index (κ2) is 9.18. The maximum absolute atomic E-state index is 10.9. The number of carbonyl (C=O) groups excluding carboxylic acids is 1. The number of rotatable bonds is 9. The first-order valence-electron chi connectivity index (χ1n) is 7.06. The van der Waals surface area contributed by atoms with Crippen molar-refractivity contribution in [2.45, 2.75) is 45.6 Å². The first-order valence-corrected chi connectivity index (χ1v) is 7.06. The fourth-order valence-electron chi connectivity index (χ4n) is 1.75. The zero-order chi connectivity index (χ0) is 14.8. The van der Waals surface area contributed by atoms with E-state index in [2.05, 4.69) is 15.0 Å². The molecule has 112 valence electrons. The molecule has 0 unspecified atom stereocenters. The Morgan fingerprint density at radius 1 is 1.35 bits per heavy atom. The normalized spacial score (nSPS) is 10.4. The highest BCUT2D eigenvalue weighted by Gasteiger charge is 2.05. The van der Waals surface area contributed by atoms with E-state index < -0.39 is 0 Å². The minimum absolute atomic E-state index is 0.125. The van der Waals surface area contributed by atoms with Gasteiger partial charge in [-0.25, -0.2) is 4.98 Å². The van der Waals surface area contributed by atoms with E-state index in [1.165, 1.54) is 7.11 Å². The molecule has 0 amide bonds. The molecule has 0 aliphatic heterocycles. The van der Waals surface area contributed by atoms with Gasteiger partial charge in [0.1, 0.15) is 0 Å². The van der Waals surface area contributed by atoms with Crippen LogP contribution in [0.15, 0.2) is 18.3 Å². The summed E-state index contributed by atoms with van der Waals surface area (Å²) in [5.74, 6) is 1.40. The summed E-state index contributed by atoms with van der Waals surface area (Å²) in [5.41, 5.74) is 0. The molecule has 1 aromatic rings. The van der Waals surface area contributed by atoms with Gasteiger partial charge < -0.3 is 14.8 Å². The number of pyridine rings is 1. The van der Waals surface area contributed by atoms with E-state index in [0.29, 0.717) is 6.42 Å². The maximum Gasteiger partial charge on any atom is 0.305 e. The molecule has 0 fully saturated rings. The number of hydrogen-bond acceptors (Lipinski definition) is 5. The standard InChI is InChI=1S/C15H24N2O3/c1-12(2)20-13-8-7-11-17-15(13)16-10-6-4-5-9-14(18)19-3/h7-8,11-12H,4-6,9-10H2,1-3H3,(H,16,17). The zero-order valence-corrected chi connectivity index (χ0v) is 12.5. The maximum atomic E-state index is 10.9. The van der Waals surface area contributed by atoms with Crippen molar-refractivity contribution in [2.24, 2.45) is 0 Å². The number of hydrogen-bond donors (Lipinski definition) is 1. The lowest BCUT2D eigenvalue weighted by molar-refractivity contribution is -0.140. The van der Waals surface area contributed by atoms with Crippen LogP contribution in [0.5, 0.6) is 5.75 Å². The molecule has 1 rings (SSSR count). The lowest BCUT2D eigenvalue weighted by Gasteiger charge is -2.14. The van der Waals surface area contributed by atoms with Gasteiger partial charge in [-0.1, -0.05) is 6.42 Å². The van der Waals surface area contributed by atoms with Gasteiger partial charge in [-0.2, -0.15) is 0 Å². The highest BCUT2D eigenvalue weighted by atomic mass is 16.5. The molecule has 0 radical (unpaired) electrons. The molecule has 0 saturated heterocycles. The highest BCUT2D eigenvalue weighted by Crippen LogP contribution is 2.22. The van der Waals surface area contributed by atoms with Crippen LogP contribution >= 0.6 is 0 Å². The summed E-state index contributed by atoms with van der Waals surface area (Å²) in [6.07, 6.45) is 5.17. The third-order valence-electron chi connectivity index (χ3n) is 2.71. The quantitative estimate of drug-likeness (QED) is 0.556. The van der Waals surface area contributed by atoms with Crippen molar-refractivity contribution in [3.8, 4) is 5.75 Å². The predicted molar refractivity (Wildman–Crippen MR) is 79.0 cm³/mol. The molecular formula is C15H24N2O3. The molecule has 0 aliphatic carbocycles. The number of esters is 1. The molecule has 0 spiro atoms. The monoisotopic (exact) mass is 280 g/mol. The summed E-state index contributed by atoms with van der Waals surface area (Å²) in [6, 6.07) is 3.77. The van der Waals surface area contributed by atoms with E-state index in [1.807, 2.05) is 26.0 Å². The lowest BCUT2D eigenvalue weighted by atomic mass is 10.2. The summed E-state index contributed by atoms with van der Waals surface area (Å²) in [7, 11) is 1.42.